The minimum atomic E-state index is -1.22. The molecule has 0 amide bonds. The number of hydrogen-bond acceptors (Lipinski definition) is 2. The van der Waals surface area contributed by atoms with Crippen LogP contribution in [0, 0.1) is 0 Å². The molecule has 1 rings (SSSR count). The van der Waals surface area contributed by atoms with E-state index in [2.05, 4.69) is 6.92 Å². The molecule has 0 saturated carbocycles. The van der Waals surface area contributed by atoms with E-state index in [1.807, 2.05) is 18.2 Å². The standard InChI is InChI=1S/C20H31ClO2/c1-2-3-4-5-6-7-8-9-10-11-14-17-15-12-13-16-18(17)19(21)20(22)23/h12-13,15-16,19H,2-11,14H2,1H3,(H,22,23)/p-1. The number of carboxylic acids is 1. The summed E-state index contributed by atoms with van der Waals surface area (Å²) in [5.74, 6) is -1.22. The highest BCUT2D eigenvalue weighted by molar-refractivity contribution is 6.29. The molecule has 2 nitrogen and oxygen atoms in total. The summed E-state index contributed by atoms with van der Waals surface area (Å²) in [6.45, 7) is 2.25. The van der Waals surface area contributed by atoms with Gasteiger partial charge in [-0.1, -0.05) is 89.0 Å². The first kappa shape index (κ1) is 20.0. The van der Waals surface area contributed by atoms with Crippen LogP contribution in [0.15, 0.2) is 24.3 Å². The summed E-state index contributed by atoms with van der Waals surface area (Å²) in [6, 6.07) is 7.53. The van der Waals surface area contributed by atoms with Crippen LogP contribution in [-0.2, 0) is 11.2 Å². The SMILES string of the molecule is CCCCCCCCCCCCc1ccccc1C(Cl)C(=O)[O-]. The molecule has 0 N–H and O–H groups in total. The quantitative estimate of drug-likeness (QED) is 0.367. The number of unbranched alkanes of at least 4 members (excludes halogenated alkanes) is 9. The lowest BCUT2D eigenvalue weighted by molar-refractivity contribution is -0.305. The number of halogens is 1. The van der Waals surface area contributed by atoms with E-state index in [1.54, 1.807) is 6.07 Å². The summed E-state index contributed by atoms with van der Waals surface area (Å²) in [4.78, 5) is 11.0. The summed E-state index contributed by atoms with van der Waals surface area (Å²) in [5.41, 5.74) is 1.72. The van der Waals surface area contributed by atoms with Crippen molar-refractivity contribution in [3.8, 4) is 0 Å². The number of aliphatic carboxylic acids is 1. The van der Waals surface area contributed by atoms with Gasteiger partial charge in [-0.2, -0.15) is 0 Å². The van der Waals surface area contributed by atoms with Gasteiger partial charge in [0, 0.05) is 0 Å². The van der Waals surface area contributed by atoms with Gasteiger partial charge in [0.1, 0.15) is 0 Å². The van der Waals surface area contributed by atoms with Crippen LogP contribution in [0.5, 0.6) is 0 Å². The average molecular weight is 338 g/mol. The topological polar surface area (TPSA) is 40.1 Å². The van der Waals surface area contributed by atoms with Crippen molar-refractivity contribution >= 4 is 17.6 Å². The Morgan fingerprint density at radius 1 is 0.957 bits per heavy atom. The molecule has 3 heteroatoms. The highest BCUT2D eigenvalue weighted by Gasteiger charge is 2.12. The number of hydrogen-bond donors (Lipinski definition) is 0. The summed E-state index contributed by atoms with van der Waals surface area (Å²) in [7, 11) is 0. The van der Waals surface area contributed by atoms with E-state index in [0.717, 1.165) is 18.4 Å². The molecule has 0 heterocycles. The molecule has 0 radical (unpaired) electrons. The van der Waals surface area contributed by atoms with Crippen LogP contribution in [-0.4, -0.2) is 5.97 Å². The molecule has 0 spiro atoms. The molecule has 0 aliphatic rings. The zero-order valence-electron chi connectivity index (χ0n) is 14.4. The minimum Gasteiger partial charge on any atom is -0.548 e. The first-order valence-electron chi connectivity index (χ1n) is 9.09. The second kappa shape index (κ2) is 12.4. The van der Waals surface area contributed by atoms with Crippen LogP contribution in [0.25, 0.3) is 0 Å². The highest BCUT2D eigenvalue weighted by Crippen LogP contribution is 2.25. The Labute approximate surface area is 146 Å². The van der Waals surface area contributed by atoms with E-state index in [-0.39, 0.29) is 0 Å². The van der Waals surface area contributed by atoms with Gasteiger partial charge in [-0.3, -0.25) is 0 Å². The minimum absolute atomic E-state index is 0.685. The number of benzene rings is 1. The van der Waals surface area contributed by atoms with E-state index in [4.69, 9.17) is 11.6 Å². The molecule has 1 atom stereocenters. The normalized spacial score (nSPS) is 12.3. The maximum Gasteiger partial charge on any atom is 0.0982 e. The van der Waals surface area contributed by atoms with Gasteiger partial charge in [0.05, 0.1) is 11.3 Å². The summed E-state index contributed by atoms with van der Waals surface area (Å²) in [5, 5.41) is 9.90. The zero-order valence-corrected chi connectivity index (χ0v) is 15.1. The van der Waals surface area contributed by atoms with E-state index in [9.17, 15) is 9.90 Å². The number of rotatable bonds is 13. The largest absolute Gasteiger partial charge is 0.548 e. The fraction of sp³-hybridized carbons (Fsp3) is 0.650. The van der Waals surface area contributed by atoms with E-state index >= 15 is 0 Å². The number of alkyl halides is 1. The molecule has 1 aromatic carbocycles. The van der Waals surface area contributed by atoms with E-state index < -0.39 is 11.3 Å². The first-order valence-corrected chi connectivity index (χ1v) is 9.53. The lowest BCUT2D eigenvalue weighted by atomic mass is 9.98. The van der Waals surface area contributed by atoms with Crippen LogP contribution in [0.4, 0.5) is 0 Å². The fourth-order valence-electron chi connectivity index (χ4n) is 2.94. The lowest BCUT2D eigenvalue weighted by Crippen LogP contribution is -2.27. The third-order valence-corrected chi connectivity index (χ3v) is 4.75. The molecule has 0 aliphatic carbocycles. The van der Waals surface area contributed by atoms with Gasteiger partial charge >= 0.3 is 0 Å². The number of carboxylic acid groups (broad SMARTS) is 1. The summed E-state index contributed by atoms with van der Waals surface area (Å²) in [6.07, 6.45) is 13.9. The lowest BCUT2D eigenvalue weighted by Gasteiger charge is -2.15. The molecular weight excluding hydrogens is 308 g/mol. The van der Waals surface area contributed by atoms with Crippen molar-refractivity contribution in [2.45, 2.75) is 82.9 Å². The third kappa shape index (κ3) is 8.41. The van der Waals surface area contributed by atoms with E-state index in [1.165, 1.54) is 57.8 Å². The van der Waals surface area contributed by atoms with Crippen molar-refractivity contribution in [1.29, 1.82) is 0 Å². The monoisotopic (exact) mass is 337 g/mol. The van der Waals surface area contributed by atoms with E-state index in [0.29, 0.717) is 5.56 Å². The Hall–Kier alpha value is -1.02. The van der Waals surface area contributed by atoms with Gasteiger partial charge in [0.25, 0.3) is 0 Å². The van der Waals surface area contributed by atoms with Crippen molar-refractivity contribution in [2.75, 3.05) is 0 Å². The van der Waals surface area contributed by atoms with Gasteiger partial charge in [0.15, 0.2) is 0 Å². The maximum atomic E-state index is 11.0. The van der Waals surface area contributed by atoms with Crippen LogP contribution < -0.4 is 5.11 Å². The van der Waals surface area contributed by atoms with Crippen molar-refractivity contribution in [3.05, 3.63) is 35.4 Å². The molecule has 0 fully saturated rings. The first-order chi connectivity index (χ1) is 11.2. The summed E-state index contributed by atoms with van der Waals surface area (Å²) < 4.78 is 0. The molecule has 0 aromatic heterocycles. The van der Waals surface area contributed by atoms with Crippen molar-refractivity contribution in [3.63, 3.8) is 0 Å². The van der Waals surface area contributed by atoms with Gasteiger partial charge in [0.2, 0.25) is 0 Å². The second-order valence-electron chi connectivity index (χ2n) is 6.31. The predicted octanol–water partition coefficient (Wildman–Crippen LogP) is 5.18. The molecule has 0 bridgehead atoms. The molecule has 0 aliphatic heterocycles. The maximum absolute atomic E-state index is 11.0. The number of carbonyl (C=O) groups excluding carboxylic acids is 1. The van der Waals surface area contributed by atoms with Gasteiger partial charge in [-0.25, -0.2) is 0 Å². The number of aryl methyl sites for hydroxylation is 1. The second-order valence-corrected chi connectivity index (χ2v) is 6.75. The van der Waals surface area contributed by atoms with Crippen molar-refractivity contribution in [1.82, 2.24) is 0 Å². The van der Waals surface area contributed by atoms with Crippen LogP contribution in [0.2, 0.25) is 0 Å². The Morgan fingerprint density at radius 3 is 2.04 bits per heavy atom. The fourth-order valence-corrected chi connectivity index (χ4v) is 3.15. The Bertz CT molecular complexity index is 445. The van der Waals surface area contributed by atoms with Crippen LogP contribution in [0.1, 0.15) is 87.6 Å². The zero-order chi connectivity index (χ0) is 16.9. The molecule has 130 valence electrons. The molecule has 0 saturated heterocycles. The smallest absolute Gasteiger partial charge is 0.0982 e. The molecule has 1 unspecified atom stereocenters. The molecule has 23 heavy (non-hydrogen) atoms. The van der Waals surface area contributed by atoms with Crippen molar-refractivity contribution < 1.29 is 9.90 Å². The Morgan fingerprint density at radius 2 is 1.48 bits per heavy atom. The summed E-state index contributed by atoms with van der Waals surface area (Å²) >= 11 is 5.92. The third-order valence-electron chi connectivity index (χ3n) is 4.33. The van der Waals surface area contributed by atoms with Gasteiger partial charge < -0.3 is 9.90 Å². The Balaban J connectivity index is 2.18. The number of carbonyl (C=O) groups is 1. The van der Waals surface area contributed by atoms with Crippen LogP contribution >= 0.6 is 11.6 Å². The molecule has 1 aromatic rings. The Kier molecular flexibility index (Phi) is 10.8. The van der Waals surface area contributed by atoms with Crippen LogP contribution in [0.3, 0.4) is 0 Å². The molecular formula is C20H30ClO2-. The average Bonchev–Trinajstić information content (AvgIpc) is 2.56. The predicted molar refractivity (Wildman–Crippen MR) is 95.6 cm³/mol. The van der Waals surface area contributed by atoms with Gasteiger partial charge in [-0.15, -0.1) is 11.6 Å². The van der Waals surface area contributed by atoms with Crippen molar-refractivity contribution in [2.24, 2.45) is 0 Å². The van der Waals surface area contributed by atoms with Gasteiger partial charge in [-0.05, 0) is 24.0 Å². The highest BCUT2D eigenvalue weighted by atomic mass is 35.5.